The third-order valence-electron chi connectivity index (χ3n) is 3.40. The summed E-state index contributed by atoms with van der Waals surface area (Å²) in [5.41, 5.74) is 3.57. The molecular weight excluding hydrogens is 246 g/mol. The monoisotopic (exact) mass is 261 g/mol. The molecule has 20 heavy (non-hydrogen) atoms. The Morgan fingerprint density at radius 3 is 1.85 bits per heavy atom. The Hall–Kier alpha value is -2.61. The van der Waals surface area contributed by atoms with E-state index in [1.165, 1.54) is 11.1 Å². The first-order valence-electron chi connectivity index (χ1n) is 6.58. The molecule has 3 rings (SSSR count). The van der Waals surface area contributed by atoms with Crippen LogP contribution in [0.5, 0.6) is 5.75 Å². The fourth-order valence-electron chi connectivity index (χ4n) is 2.45. The van der Waals surface area contributed by atoms with E-state index in [2.05, 4.69) is 17.1 Å². The molecule has 1 unspecified atom stereocenters. The molecule has 3 aromatic rings. The number of nitrogens with zero attached hydrogens (tertiary/aromatic N) is 1. The molecule has 1 N–H and O–H groups in total. The number of aromatic hydroxyl groups is 1. The van der Waals surface area contributed by atoms with E-state index in [4.69, 9.17) is 0 Å². The van der Waals surface area contributed by atoms with Crippen LogP contribution in [0.4, 0.5) is 0 Å². The molecule has 0 fully saturated rings. The highest BCUT2D eigenvalue weighted by Crippen LogP contribution is 2.32. The third-order valence-corrected chi connectivity index (χ3v) is 3.40. The van der Waals surface area contributed by atoms with Gasteiger partial charge in [0.25, 0.3) is 0 Å². The summed E-state index contributed by atoms with van der Waals surface area (Å²) in [7, 11) is 0. The van der Waals surface area contributed by atoms with Gasteiger partial charge in [0.2, 0.25) is 0 Å². The van der Waals surface area contributed by atoms with Gasteiger partial charge in [-0.1, -0.05) is 42.5 Å². The zero-order valence-corrected chi connectivity index (χ0v) is 11.0. The minimum atomic E-state index is 0.153. The summed E-state index contributed by atoms with van der Waals surface area (Å²) in [6, 6.07) is 21.8. The Labute approximate surface area is 118 Å². The lowest BCUT2D eigenvalue weighted by molar-refractivity contribution is 0.475. The van der Waals surface area contributed by atoms with Crippen LogP contribution in [0.25, 0.3) is 0 Å². The number of hydrogen-bond acceptors (Lipinski definition) is 2. The molecule has 0 aliphatic carbocycles. The molecule has 0 saturated carbocycles. The molecular formula is C18H15NO. The predicted octanol–water partition coefficient (Wildman–Crippen LogP) is 3.97. The number of aromatic nitrogens is 1. The van der Waals surface area contributed by atoms with Gasteiger partial charge in [-0.2, -0.15) is 0 Å². The molecule has 0 aliphatic heterocycles. The van der Waals surface area contributed by atoms with Crippen molar-refractivity contribution in [3.63, 3.8) is 0 Å². The Balaban J connectivity index is 2.11. The summed E-state index contributed by atoms with van der Waals surface area (Å²) < 4.78 is 0. The molecule has 0 amide bonds. The zero-order chi connectivity index (χ0) is 13.8. The molecule has 1 heterocycles. The van der Waals surface area contributed by atoms with Crippen molar-refractivity contribution in [1.29, 1.82) is 0 Å². The van der Waals surface area contributed by atoms with Crippen LogP contribution in [0.15, 0.2) is 79.1 Å². The molecule has 2 heteroatoms. The number of phenolic OH excluding ortho intramolecular Hbond substituents is 1. The molecule has 0 radical (unpaired) electrons. The van der Waals surface area contributed by atoms with E-state index < -0.39 is 0 Å². The van der Waals surface area contributed by atoms with Crippen molar-refractivity contribution in [2.24, 2.45) is 0 Å². The number of phenols is 1. The SMILES string of the molecule is Oc1ccc(C(c2ccccc2)c2ccncc2)cc1. The number of pyridine rings is 1. The topological polar surface area (TPSA) is 33.1 Å². The van der Waals surface area contributed by atoms with Crippen molar-refractivity contribution >= 4 is 0 Å². The van der Waals surface area contributed by atoms with E-state index in [-0.39, 0.29) is 11.7 Å². The van der Waals surface area contributed by atoms with E-state index in [0.717, 1.165) is 5.56 Å². The summed E-state index contributed by atoms with van der Waals surface area (Å²) in [6.07, 6.45) is 3.62. The maximum atomic E-state index is 9.47. The Kier molecular flexibility index (Phi) is 3.46. The van der Waals surface area contributed by atoms with Gasteiger partial charge in [-0.3, -0.25) is 4.98 Å². The van der Waals surface area contributed by atoms with Crippen molar-refractivity contribution in [2.45, 2.75) is 5.92 Å². The molecule has 0 saturated heterocycles. The highest BCUT2D eigenvalue weighted by Gasteiger charge is 2.16. The maximum absolute atomic E-state index is 9.47. The van der Waals surface area contributed by atoms with Crippen LogP contribution >= 0.6 is 0 Å². The van der Waals surface area contributed by atoms with E-state index in [0.29, 0.717) is 0 Å². The Morgan fingerprint density at radius 2 is 1.20 bits per heavy atom. The standard InChI is InChI=1S/C18H15NO/c20-17-8-6-15(7-9-17)18(14-4-2-1-3-5-14)16-10-12-19-13-11-16/h1-13,18,20H. The number of rotatable bonds is 3. The van der Waals surface area contributed by atoms with Crippen molar-refractivity contribution in [3.05, 3.63) is 95.8 Å². The summed E-state index contributed by atoms with van der Waals surface area (Å²) in [6.45, 7) is 0. The molecule has 1 atom stereocenters. The van der Waals surface area contributed by atoms with Gasteiger partial charge in [0.05, 0.1) is 0 Å². The summed E-state index contributed by atoms with van der Waals surface area (Å²) >= 11 is 0. The summed E-state index contributed by atoms with van der Waals surface area (Å²) in [5.74, 6) is 0.440. The van der Waals surface area contributed by atoms with Gasteiger partial charge >= 0.3 is 0 Å². The first-order valence-corrected chi connectivity index (χ1v) is 6.58. The van der Waals surface area contributed by atoms with Gasteiger partial charge in [0, 0.05) is 18.3 Å². The average molecular weight is 261 g/mol. The lowest BCUT2D eigenvalue weighted by Gasteiger charge is -2.18. The Morgan fingerprint density at radius 1 is 0.650 bits per heavy atom. The molecule has 0 spiro atoms. The van der Waals surface area contributed by atoms with E-state index in [1.807, 2.05) is 54.9 Å². The highest BCUT2D eigenvalue weighted by molar-refractivity contribution is 5.43. The number of benzene rings is 2. The molecule has 0 aliphatic rings. The Bertz CT molecular complexity index is 623. The van der Waals surface area contributed by atoms with Crippen molar-refractivity contribution in [3.8, 4) is 5.75 Å². The third kappa shape index (κ3) is 2.54. The second-order valence-electron chi connectivity index (χ2n) is 4.72. The highest BCUT2D eigenvalue weighted by atomic mass is 16.3. The van der Waals surface area contributed by atoms with Gasteiger partial charge in [-0.25, -0.2) is 0 Å². The molecule has 0 bridgehead atoms. The van der Waals surface area contributed by atoms with E-state index >= 15 is 0 Å². The molecule has 2 nitrogen and oxygen atoms in total. The largest absolute Gasteiger partial charge is 0.508 e. The average Bonchev–Trinajstić information content (AvgIpc) is 2.52. The van der Waals surface area contributed by atoms with E-state index in [1.54, 1.807) is 12.1 Å². The van der Waals surface area contributed by atoms with Crippen LogP contribution in [-0.2, 0) is 0 Å². The fraction of sp³-hybridized carbons (Fsp3) is 0.0556. The van der Waals surface area contributed by atoms with Crippen LogP contribution < -0.4 is 0 Å². The lowest BCUT2D eigenvalue weighted by atomic mass is 9.86. The van der Waals surface area contributed by atoms with Gasteiger partial charge < -0.3 is 5.11 Å². The van der Waals surface area contributed by atoms with Crippen molar-refractivity contribution < 1.29 is 5.11 Å². The smallest absolute Gasteiger partial charge is 0.115 e. The van der Waals surface area contributed by atoms with E-state index in [9.17, 15) is 5.11 Å². The van der Waals surface area contributed by atoms with Gasteiger partial charge in [-0.05, 0) is 41.0 Å². The molecule has 1 aromatic heterocycles. The quantitative estimate of drug-likeness (QED) is 0.774. The van der Waals surface area contributed by atoms with Gasteiger partial charge in [-0.15, -0.1) is 0 Å². The first kappa shape index (κ1) is 12.4. The number of hydrogen-bond donors (Lipinski definition) is 1. The predicted molar refractivity (Wildman–Crippen MR) is 79.7 cm³/mol. The van der Waals surface area contributed by atoms with Gasteiger partial charge in [0.1, 0.15) is 5.75 Å². The summed E-state index contributed by atoms with van der Waals surface area (Å²) in [5, 5.41) is 9.47. The minimum absolute atomic E-state index is 0.153. The van der Waals surface area contributed by atoms with Crippen molar-refractivity contribution in [1.82, 2.24) is 4.98 Å². The maximum Gasteiger partial charge on any atom is 0.115 e. The fourth-order valence-corrected chi connectivity index (χ4v) is 2.45. The second kappa shape index (κ2) is 5.57. The lowest BCUT2D eigenvalue weighted by Crippen LogP contribution is -2.03. The van der Waals surface area contributed by atoms with Crippen LogP contribution in [-0.4, -0.2) is 10.1 Å². The van der Waals surface area contributed by atoms with Crippen LogP contribution in [0.1, 0.15) is 22.6 Å². The normalized spacial score (nSPS) is 12.0. The second-order valence-corrected chi connectivity index (χ2v) is 4.72. The summed E-state index contributed by atoms with van der Waals surface area (Å²) in [4.78, 5) is 4.09. The van der Waals surface area contributed by atoms with Gasteiger partial charge in [0.15, 0.2) is 0 Å². The zero-order valence-electron chi connectivity index (χ0n) is 11.0. The van der Waals surface area contributed by atoms with Crippen LogP contribution in [0.2, 0.25) is 0 Å². The minimum Gasteiger partial charge on any atom is -0.508 e. The first-order chi connectivity index (χ1) is 9.84. The van der Waals surface area contributed by atoms with Crippen LogP contribution in [0, 0.1) is 0 Å². The van der Waals surface area contributed by atoms with Crippen molar-refractivity contribution in [2.75, 3.05) is 0 Å². The molecule has 2 aromatic carbocycles. The van der Waals surface area contributed by atoms with Crippen LogP contribution in [0.3, 0.4) is 0 Å². The molecule has 98 valence electrons.